The van der Waals surface area contributed by atoms with Gasteiger partial charge >= 0.3 is 0 Å². The highest BCUT2D eigenvalue weighted by atomic mass is 32.2. The van der Waals surface area contributed by atoms with Crippen LogP contribution < -0.4 is 10.2 Å². The zero-order valence-corrected chi connectivity index (χ0v) is 20.4. The lowest BCUT2D eigenvalue weighted by molar-refractivity contribution is 0.319. The van der Waals surface area contributed by atoms with Gasteiger partial charge in [-0.1, -0.05) is 32.0 Å². The number of nitrogens with zero attached hydrogens (tertiary/aromatic N) is 2. The molecule has 1 aliphatic heterocycles. The summed E-state index contributed by atoms with van der Waals surface area (Å²) in [6.45, 7) is 9.91. The van der Waals surface area contributed by atoms with Crippen molar-refractivity contribution >= 4 is 40.5 Å². The molecule has 2 aromatic rings. The smallest absolute Gasteiger partial charge is 0.173 e. The fourth-order valence-corrected chi connectivity index (χ4v) is 4.89. The lowest BCUT2D eigenvalue weighted by Gasteiger charge is -2.33. The predicted molar refractivity (Wildman–Crippen MR) is 137 cm³/mol. The van der Waals surface area contributed by atoms with Crippen molar-refractivity contribution in [2.75, 3.05) is 29.6 Å². The van der Waals surface area contributed by atoms with E-state index in [4.69, 9.17) is 12.2 Å². The molecule has 0 saturated carbocycles. The van der Waals surface area contributed by atoms with Gasteiger partial charge in [0.05, 0.1) is 0 Å². The summed E-state index contributed by atoms with van der Waals surface area (Å²) < 4.78 is 0. The van der Waals surface area contributed by atoms with Gasteiger partial charge in [-0.3, -0.25) is 0 Å². The van der Waals surface area contributed by atoms with Gasteiger partial charge in [-0.25, -0.2) is 0 Å². The van der Waals surface area contributed by atoms with Gasteiger partial charge in [-0.15, -0.1) is 11.8 Å². The number of hydrogen-bond donors (Lipinski definition) is 1. The molecule has 0 aromatic heterocycles. The first-order valence-corrected chi connectivity index (χ1v) is 12.8. The molecule has 0 amide bonds. The third-order valence-electron chi connectivity index (χ3n) is 5.91. The number of benzene rings is 2. The standard InChI is InChI=1S/C25H35N3S2/c1-5-14-27-15-8-9-21-16-20(12-13-24(21)27)18-28(19(3)6-2)25(29)26-22-10-7-11-23(17-22)30-4/h7,10-13,16-17,19H,5-6,8-9,14-15,18H2,1-4H3,(H,26,29)/t19-/m1/s1. The molecule has 2 aromatic carbocycles. The number of aryl methyl sites for hydroxylation is 1. The molecule has 0 fully saturated rings. The summed E-state index contributed by atoms with van der Waals surface area (Å²) >= 11 is 7.60. The minimum Gasteiger partial charge on any atom is -0.371 e. The normalized spacial score (nSPS) is 14.2. The summed E-state index contributed by atoms with van der Waals surface area (Å²) in [5.74, 6) is 0. The second kappa shape index (κ2) is 11.1. The van der Waals surface area contributed by atoms with Gasteiger partial charge in [0.1, 0.15) is 0 Å². The Morgan fingerprint density at radius 3 is 2.80 bits per heavy atom. The number of anilines is 2. The van der Waals surface area contributed by atoms with Crippen molar-refractivity contribution in [3.8, 4) is 0 Å². The molecule has 0 saturated heterocycles. The van der Waals surface area contributed by atoms with Crippen molar-refractivity contribution in [2.45, 2.75) is 63.9 Å². The van der Waals surface area contributed by atoms with Gasteiger partial charge < -0.3 is 15.1 Å². The van der Waals surface area contributed by atoms with E-state index < -0.39 is 0 Å². The fraction of sp³-hybridized carbons (Fsp3) is 0.480. The number of hydrogen-bond acceptors (Lipinski definition) is 3. The van der Waals surface area contributed by atoms with Gasteiger partial charge in [0, 0.05) is 41.9 Å². The van der Waals surface area contributed by atoms with E-state index in [0.717, 1.165) is 30.3 Å². The van der Waals surface area contributed by atoms with Crippen LogP contribution in [0.1, 0.15) is 51.2 Å². The molecule has 0 spiro atoms. The van der Waals surface area contributed by atoms with Crippen LogP contribution in [-0.4, -0.2) is 35.4 Å². The Morgan fingerprint density at radius 1 is 1.23 bits per heavy atom. The lowest BCUT2D eigenvalue weighted by atomic mass is 9.98. The van der Waals surface area contributed by atoms with Crippen molar-refractivity contribution in [1.29, 1.82) is 0 Å². The summed E-state index contributed by atoms with van der Waals surface area (Å²) in [5.41, 5.74) is 5.31. The van der Waals surface area contributed by atoms with Crippen LogP contribution in [0, 0.1) is 0 Å². The average molecular weight is 442 g/mol. The first kappa shape index (κ1) is 23.0. The van der Waals surface area contributed by atoms with Crippen LogP contribution in [0.25, 0.3) is 0 Å². The maximum absolute atomic E-state index is 5.85. The SMILES string of the molecule is CCCN1CCCc2cc(CN(C(=S)Nc3cccc(SC)c3)[C@H](C)CC)ccc21. The van der Waals surface area contributed by atoms with E-state index in [1.807, 2.05) is 0 Å². The molecule has 1 atom stereocenters. The molecular formula is C25H35N3S2. The highest BCUT2D eigenvalue weighted by Crippen LogP contribution is 2.29. The predicted octanol–water partition coefficient (Wildman–Crippen LogP) is 6.57. The van der Waals surface area contributed by atoms with Gasteiger partial charge in [-0.05, 0) is 86.5 Å². The topological polar surface area (TPSA) is 18.5 Å². The third kappa shape index (κ3) is 5.70. The fourth-order valence-electron chi connectivity index (χ4n) is 4.07. The number of rotatable bonds is 8. The Bertz CT molecular complexity index is 852. The van der Waals surface area contributed by atoms with Gasteiger partial charge in [-0.2, -0.15) is 0 Å². The van der Waals surface area contributed by atoms with E-state index in [1.54, 1.807) is 11.8 Å². The Balaban J connectivity index is 1.77. The molecule has 0 unspecified atom stereocenters. The Morgan fingerprint density at radius 2 is 2.07 bits per heavy atom. The molecule has 1 N–H and O–H groups in total. The number of fused-ring (bicyclic) bond motifs is 1. The van der Waals surface area contributed by atoms with Crippen molar-refractivity contribution in [2.24, 2.45) is 0 Å². The Labute approximate surface area is 192 Å². The summed E-state index contributed by atoms with van der Waals surface area (Å²) in [6, 6.07) is 15.8. The highest BCUT2D eigenvalue weighted by molar-refractivity contribution is 7.98. The highest BCUT2D eigenvalue weighted by Gasteiger charge is 2.20. The number of nitrogens with one attached hydrogen (secondary N) is 1. The van der Waals surface area contributed by atoms with Crippen LogP contribution in [0.4, 0.5) is 11.4 Å². The maximum Gasteiger partial charge on any atom is 0.173 e. The molecular weight excluding hydrogens is 406 g/mol. The molecule has 5 heteroatoms. The van der Waals surface area contributed by atoms with E-state index >= 15 is 0 Å². The molecule has 0 aliphatic carbocycles. The van der Waals surface area contributed by atoms with E-state index in [-0.39, 0.29) is 0 Å². The first-order chi connectivity index (χ1) is 14.5. The second-order valence-corrected chi connectivity index (χ2v) is 9.37. The summed E-state index contributed by atoms with van der Waals surface area (Å²) in [6.07, 6.45) is 6.78. The Hall–Kier alpha value is -1.72. The average Bonchev–Trinajstić information content (AvgIpc) is 2.77. The molecule has 0 bridgehead atoms. The largest absolute Gasteiger partial charge is 0.371 e. The van der Waals surface area contributed by atoms with Gasteiger partial charge in [0.15, 0.2) is 5.11 Å². The lowest BCUT2D eigenvalue weighted by Crippen LogP contribution is -2.40. The van der Waals surface area contributed by atoms with Crippen LogP contribution in [0.2, 0.25) is 0 Å². The van der Waals surface area contributed by atoms with E-state index in [9.17, 15) is 0 Å². The van der Waals surface area contributed by atoms with E-state index in [2.05, 4.69) is 84.6 Å². The second-order valence-electron chi connectivity index (χ2n) is 8.10. The number of thioether (sulfide) groups is 1. The molecule has 0 radical (unpaired) electrons. The number of thiocarbonyl (C=S) groups is 1. The molecule has 162 valence electrons. The monoisotopic (exact) mass is 441 g/mol. The summed E-state index contributed by atoms with van der Waals surface area (Å²) in [5, 5.41) is 4.27. The first-order valence-electron chi connectivity index (χ1n) is 11.1. The van der Waals surface area contributed by atoms with Crippen LogP contribution >= 0.6 is 24.0 Å². The van der Waals surface area contributed by atoms with E-state index in [1.165, 1.54) is 47.5 Å². The van der Waals surface area contributed by atoms with Crippen molar-refractivity contribution in [3.05, 3.63) is 53.6 Å². The molecule has 1 heterocycles. The van der Waals surface area contributed by atoms with Gasteiger partial charge in [0.2, 0.25) is 0 Å². The third-order valence-corrected chi connectivity index (χ3v) is 6.97. The summed E-state index contributed by atoms with van der Waals surface area (Å²) in [7, 11) is 0. The quantitative estimate of drug-likeness (QED) is 0.368. The van der Waals surface area contributed by atoms with E-state index in [0.29, 0.717) is 6.04 Å². The molecule has 3 rings (SSSR count). The van der Waals surface area contributed by atoms with Crippen molar-refractivity contribution < 1.29 is 0 Å². The zero-order chi connectivity index (χ0) is 21.5. The van der Waals surface area contributed by atoms with Crippen molar-refractivity contribution in [3.63, 3.8) is 0 Å². The minimum atomic E-state index is 0.376. The van der Waals surface area contributed by atoms with Crippen molar-refractivity contribution in [1.82, 2.24) is 4.90 Å². The zero-order valence-electron chi connectivity index (χ0n) is 18.8. The van der Waals surface area contributed by atoms with Crippen LogP contribution in [0.5, 0.6) is 0 Å². The minimum absolute atomic E-state index is 0.376. The maximum atomic E-state index is 5.85. The molecule has 1 aliphatic rings. The van der Waals surface area contributed by atoms with Crippen LogP contribution in [-0.2, 0) is 13.0 Å². The van der Waals surface area contributed by atoms with Crippen LogP contribution in [0.15, 0.2) is 47.4 Å². The van der Waals surface area contributed by atoms with Crippen LogP contribution in [0.3, 0.4) is 0 Å². The summed E-state index contributed by atoms with van der Waals surface area (Å²) in [4.78, 5) is 6.11. The molecule has 3 nitrogen and oxygen atoms in total. The Kier molecular flexibility index (Phi) is 8.46. The van der Waals surface area contributed by atoms with Gasteiger partial charge in [0.25, 0.3) is 0 Å². The molecule has 30 heavy (non-hydrogen) atoms.